The van der Waals surface area contributed by atoms with Gasteiger partial charge < -0.3 is 10.1 Å². The summed E-state index contributed by atoms with van der Waals surface area (Å²) in [5, 5.41) is 2.64. The molecule has 2 aromatic carbocycles. The van der Waals surface area contributed by atoms with Crippen LogP contribution in [0.25, 0.3) is 0 Å². The van der Waals surface area contributed by atoms with Gasteiger partial charge in [-0.25, -0.2) is 4.39 Å². The number of ether oxygens (including phenoxy) is 1. The van der Waals surface area contributed by atoms with Crippen LogP contribution in [0.15, 0.2) is 54.6 Å². The van der Waals surface area contributed by atoms with E-state index in [2.05, 4.69) is 5.32 Å². The van der Waals surface area contributed by atoms with Crippen molar-refractivity contribution in [1.29, 1.82) is 0 Å². The molecule has 1 aliphatic rings. The third kappa shape index (κ3) is 4.05. The zero-order valence-corrected chi connectivity index (χ0v) is 13.8. The van der Waals surface area contributed by atoms with Crippen LogP contribution in [0.1, 0.15) is 24.0 Å². The molecule has 0 aromatic heterocycles. The molecule has 5 heteroatoms. The van der Waals surface area contributed by atoms with Crippen molar-refractivity contribution in [3.8, 4) is 0 Å². The van der Waals surface area contributed by atoms with Gasteiger partial charge in [0.15, 0.2) is 6.61 Å². The van der Waals surface area contributed by atoms with Crippen molar-refractivity contribution in [2.75, 3.05) is 13.2 Å². The first-order valence-electron chi connectivity index (χ1n) is 8.35. The second-order valence-corrected chi connectivity index (χ2v) is 6.22. The van der Waals surface area contributed by atoms with Gasteiger partial charge in [-0.1, -0.05) is 48.5 Å². The van der Waals surface area contributed by atoms with Gasteiger partial charge in [-0.15, -0.1) is 0 Å². The summed E-state index contributed by atoms with van der Waals surface area (Å²) in [5.41, 5.74) is 0.884. The average Bonchev–Trinajstić information content (AvgIpc) is 3.44. The molecule has 2 aromatic rings. The van der Waals surface area contributed by atoms with E-state index >= 15 is 0 Å². The smallest absolute Gasteiger partial charge is 0.317 e. The molecule has 1 saturated carbocycles. The fraction of sp³-hybridized carbons (Fsp3) is 0.300. The lowest BCUT2D eigenvalue weighted by Gasteiger charge is -2.14. The number of carbonyl (C=O) groups excluding carboxylic acids is 2. The summed E-state index contributed by atoms with van der Waals surface area (Å²) in [6, 6.07) is 15.9. The SMILES string of the molecule is O=C(COC(=O)C1(c2ccccc2)CC1)NCCc1ccccc1F. The predicted molar refractivity (Wildman–Crippen MR) is 91.4 cm³/mol. The molecule has 0 aliphatic heterocycles. The molecule has 25 heavy (non-hydrogen) atoms. The van der Waals surface area contributed by atoms with Crippen LogP contribution in [0.5, 0.6) is 0 Å². The van der Waals surface area contributed by atoms with E-state index < -0.39 is 5.41 Å². The van der Waals surface area contributed by atoms with E-state index in [-0.39, 0.29) is 24.3 Å². The number of rotatable bonds is 7. The van der Waals surface area contributed by atoms with Gasteiger partial charge in [-0.2, -0.15) is 0 Å². The van der Waals surface area contributed by atoms with E-state index in [1.165, 1.54) is 6.07 Å². The third-order valence-electron chi connectivity index (χ3n) is 4.48. The molecule has 1 aliphatic carbocycles. The van der Waals surface area contributed by atoms with Crippen molar-refractivity contribution < 1.29 is 18.7 Å². The van der Waals surface area contributed by atoms with Gasteiger partial charge in [-0.3, -0.25) is 9.59 Å². The number of nitrogens with one attached hydrogen (secondary N) is 1. The van der Waals surface area contributed by atoms with Gasteiger partial charge >= 0.3 is 5.97 Å². The lowest BCUT2D eigenvalue weighted by Crippen LogP contribution is -2.33. The maximum atomic E-state index is 13.5. The van der Waals surface area contributed by atoms with Gasteiger partial charge in [0.25, 0.3) is 5.91 Å². The van der Waals surface area contributed by atoms with Gasteiger partial charge in [-0.05, 0) is 36.5 Å². The van der Waals surface area contributed by atoms with E-state index in [0.29, 0.717) is 18.5 Å². The van der Waals surface area contributed by atoms with E-state index in [1.807, 2.05) is 30.3 Å². The lowest BCUT2D eigenvalue weighted by molar-refractivity contribution is -0.151. The summed E-state index contributed by atoms with van der Waals surface area (Å²) in [7, 11) is 0. The standard InChI is InChI=1S/C20H20FNO3/c21-17-9-5-4-6-15(17)10-13-22-18(23)14-25-19(24)20(11-12-20)16-7-2-1-3-8-16/h1-9H,10-14H2,(H,22,23). The summed E-state index contributed by atoms with van der Waals surface area (Å²) < 4.78 is 18.7. The van der Waals surface area contributed by atoms with Crippen LogP contribution in [0.4, 0.5) is 4.39 Å². The molecular weight excluding hydrogens is 321 g/mol. The van der Waals surface area contributed by atoms with E-state index in [9.17, 15) is 14.0 Å². The lowest BCUT2D eigenvalue weighted by atomic mass is 9.96. The summed E-state index contributed by atoms with van der Waals surface area (Å²) >= 11 is 0. The van der Waals surface area contributed by atoms with Gasteiger partial charge in [0.2, 0.25) is 0 Å². The fourth-order valence-electron chi connectivity index (χ4n) is 2.85. The maximum Gasteiger partial charge on any atom is 0.317 e. The van der Waals surface area contributed by atoms with Gasteiger partial charge in [0.05, 0.1) is 5.41 Å². The largest absolute Gasteiger partial charge is 0.455 e. The molecule has 130 valence electrons. The maximum absolute atomic E-state index is 13.5. The first-order chi connectivity index (χ1) is 12.1. The minimum absolute atomic E-state index is 0.290. The minimum Gasteiger partial charge on any atom is -0.455 e. The Bertz CT molecular complexity index is 757. The highest BCUT2D eigenvalue weighted by Crippen LogP contribution is 2.49. The first-order valence-corrected chi connectivity index (χ1v) is 8.35. The van der Waals surface area contributed by atoms with Crippen molar-refractivity contribution in [1.82, 2.24) is 5.32 Å². The molecule has 0 atom stereocenters. The molecule has 0 unspecified atom stereocenters. The second-order valence-electron chi connectivity index (χ2n) is 6.22. The number of hydrogen-bond donors (Lipinski definition) is 1. The fourth-order valence-corrected chi connectivity index (χ4v) is 2.85. The highest BCUT2D eigenvalue weighted by Gasteiger charge is 2.52. The molecular formula is C20H20FNO3. The van der Waals surface area contributed by atoms with Gasteiger partial charge in [0, 0.05) is 6.54 Å². The quantitative estimate of drug-likeness (QED) is 0.788. The first kappa shape index (κ1) is 17.1. The average molecular weight is 341 g/mol. The molecule has 1 fully saturated rings. The number of benzene rings is 2. The summed E-state index contributed by atoms with van der Waals surface area (Å²) in [5.74, 6) is -1.03. The zero-order chi connectivity index (χ0) is 17.7. The van der Waals surface area contributed by atoms with Crippen LogP contribution in [0.2, 0.25) is 0 Å². The van der Waals surface area contributed by atoms with E-state index in [0.717, 1.165) is 18.4 Å². The zero-order valence-electron chi connectivity index (χ0n) is 13.8. The Morgan fingerprint density at radius 1 is 1.04 bits per heavy atom. The minimum atomic E-state index is -0.589. The van der Waals surface area contributed by atoms with Gasteiger partial charge in [0.1, 0.15) is 5.82 Å². The third-order valence-corrected chi connectivity index (χ3v) is 4.48. The van der Waals surface area contributed by atoms with Crippen molar-refractivity contribution in [3.05, 3.63) is 71.5 Å². The molecule has 3 rings (SSSR count). The Morgan fingerprint density at radius 3 is 2.40 bits per heavy atom. The van der Waals surface area contributed by atoms with Crippen molar-refractivity contribution in [2.45, 2.75) is 24.7 Å². The Balaban J connectivity index is 1.43. The summed E-state index contributed by atoms with van der Waals surface area (Å²) in [4.78, 5) is 24.1. The molecule has 0 heterocycles. The Labute approximate surface area is 146 Å². The molecule has 1 N–H and O–H groups in total. The van der Waals surface area contributed by atoms with Crippen LogP contribution in [0.3, 0.4) is 0 Å². The Hall–Kier alpha value is -2.69. The monoisotopic (exact) mass is 341 g/mol. The summed E-state index contributed by atoms with van der Waals surface area (Å²) in [6.45, 7) is -0.0220. The number of carbonyl (C=O) groups is 2. The number of hydrogen-bond acceptors (Lipinski definition) is 3. The highest BCUT2D eigenvalue weighted by atomic mass is 19.1. The normalized spacial score (nSPS) is 14.6. The van der Waals surface area contributed by atoms with Crippen LogP contribution in [-0.4, -0.2) is 25.0 Å². The molecule has 0 bridgehead atoms. The Morgan fingerprint density at radius 2 is 1.72 bits per heavy atom. The predicted octanol–water partition coefficient (Wildman–Crippen LogP) is 2.76. The van der Waals surface area contributed by atoms with E-state index in [1.54, 1.807) is 18.2 Å². The van der Waals surface area contributed by atoms with Crippen molar-refractivity contribution in [2.24, 2.45) is 0 Å². The Kier molecular flexibility index (Phi) is 5.12. The van der Waals surface area contributed by atoms with Crippen LogP contribution in [0, 0.1) is 5.82 Å². The van der Waals surface area contributed by atoms with Crippen LogP contribution in [-0.2, 0) is 26.2 Å². The van der Waals surface area contributed by atoms with Crippen molar-refractivity contribution in [3.63, 3.8) is 0 Å². The number of amides is 1. The molecule has 4 nitrogen and oxygen atoms in total. The summed E-state index contributed by atoms with van der Waals surface area (Å²) in [6.07, 6.45) is 1.87. The molecule has 0 spiro atoms. The number of halogens is 1. The molecule has 1 amide bonds. The molecule has 0 radical (unpaired) electrons. The van der Waals surface area contributed by atoms with E-state index in [4.69, 9.17) is 4.74 Å². The second kappa shape index (κ2) is 7.47. The highest BCUT2D eigenvalue weighted by molar-refractivity contribution is 5.88. The van der Waals surface area contributed by atoms with Crippen LogP contribution < -0.4 is 5.32 Å². The topological polar surface area (TPSA) is 55.4 Å². The van der Waals surface area contributed by atoms with Crippen molar-refractivity contribution >= 4 is 11.9 Å². The van der Waals surface area contributed by atoms with Crippen LogP contribution >= 0.6 is 0 Å². The molecule has 0 saturated heterocycles. The number of esters is 1.